The van der Waals surface area contributed by atoms with Gasteiger partial charge in [-0.2, -0.15) is 0 Å². The Labute approximate surface area is 158 Å². The van der Waals surface area contributed by atoms with Gasteiger partial charge in [0.15, 0.2) is 0 Å². The van der Waals surface area contributed by atoms with Crippen LogP contribution in [0.4, 0.5) is 0 Å². The second-order valence-electron chi connectivity index (χ2n) is 6.48. The molecule has 6 heteroatoms. The molecule has 1 aromatic heterocycles. The van der Waals surface area contributed by atoms with Gasteiger partial charge in [-0.3, -0.25) is 9.59 Å². The van der Waals surface area contributed by atoms with Crippen LogP contribution in [-0.2, 0) is 9.53 Å². The van der Waals surface area contributed by atoms with Crippen molar-refractivity contribution in [2.75, 3.05) is 19.6 Å². The zero-order valence-corrected chi connectivity index (χ0v) is 15.7. The van der Waals surface area contributed by atoms with Crippen molar-refractivity contribution in [2.24, 2.45) is 0 Å². The first kappa shape index (κ1) is 18.6. The Hall–Kier alpha value is -2.18. The van der Waals surface area contributed by atoms with Gasteiger partial charge in [0.05, 0.1) is 17.5 Å². The largest absolute Gasteiger partial charge is 0.367 e. The van der Waals surface area contributed by atoms with Crippen molar-refractivity contribution in [3.05, 3.63) is 58.3 Å². The molecule has 0 bridgehead atoms. The molecule has 2 unspecified atom stereocenters. The third-order valence-corrected chi connectivity index (χ3v) is 5.25. The van der Waals surface area contributed by atoms with Gasteiger partial charge in [-0.1, -0.05) is 36.4 Å². The van der Waals surface area contributed by atoms with Gasteiger partial charge in [0.25, 0.3) is 5.91 Å². The average Bonchev–Trinajstić information content (AvgIpc) is 3.20. The highest BCUT2D eigenvalue weighted by Gasteiger charge is 2.28. The standard InChI is InChI=1S/C20H24N2O3S/c1-15-13-22(14-17(25-15)16-7-3-2-4-8-16)19(23)10-5-11-21-20(24)18-9-6-12-26-18/h2-4,6-9,12,15,17H,5,10-11,13-14H2,1H3,(H,21,24). The van der Waals surface area contributed by atoms with Crippen molar-refractivity contribution in [3.63, 3.8) is 0 Å². The lowest BCUT2D eigenvalue weighted by molar-refractivity contribution is -0.145. The molecule has 1 aliphatic rings. The maximum atomic E-state index is 12.6. The Morgan fingerprint density at radius 1 is 1.19 bits per heavy atom. The minimum Gasteiger partial charge on any atom is -0.367 e. The van der Waals surface area contributed by atoms with Crippen molar-refractivity contribution in [1.82, 2.24) is 10.2 Å². The molecule has 1 saturated heterocycles. The number of hydrogen-bond acceptors (Lipinski definition) is 4. The van der Waals surface area contributed by atoms with Gasteiger partial charge in [0.2, 0.25) is 5.91 Å². The van der Waals surface area contributed by atoms with Crippen molar-refractivity contribution in [3.8, 4) is 0 Å². The minimum atomic E-state index is -0.0811. The highest BCUT2D eigenvalue weighted by Crippen LogP contribution is 2.25. The molecular weight excluding hydrogens is 348 g/mol. The fraction of sp³-hybridized carbons (Fsp3) is 0.400. The molecular formula is C20H24N2O3S. The van der Waals surface area contributed by atoms with Gasteiger partial charge in [-0.15, -0.1) is 11.3 Å². The summed E-state index contributed by atoms with van der Waals surface area (Å²) in [5.41, 5.74) is 1.10. The molecule has 1 aliphatic heterocycles. The summed E-state index contributed by atoms with van der Waals surface area (Å²) >= 11 is 1.42. The van der Waals surface area contributed by atoms with Crippen LogP contribution >= 0.6 is 11.3 Å². The molecule has 1 fully saturated rings. The number of carbonyl (C=O) groups excluding carboxylic acids is 2. The smallest absolute Gasteiger partial charge is 0.261 e. The quantitative estimate of drug-likeness (QED) is 0.792. The summed E-state index contributed by atoms with van der Waals surface area (Å²) < 4.78 is 6.00. The molecule has 1 N–H and O–H groups in total. The fourth-order valence-electron chi connectivity index (χ4n) is 3.10. The van der Waals surface area contributed by atoms with E-state index < -0.39 is 0 Å². The van der Waals surface area contributed by atoms with E-state index >= 15 is 0 Å². The van der Waals surface area contributed by atoms with Gasteiger partial charge >= 0.3 is 0 Å². The van der Waals surface area contributed by atoms with Crippen LogP contribution in [0.2, 0.25) is 0 Å². The molecule has 0 saturated carbocycles. The predicted octanol–water partition coefficient (Wildman–Crippen LogP) is 3.25. The number of rotatable bonds is 6. The number of nitrogens with one attached hydrogen (secondary N) is 1. The van der Waals surface area contributed by atoms with E-state index in [9.17, 15) is 9.59 Å². The summed E-state index contributed by atoms with van der Waals surface area (Å²) in [5, 5.41) is 4.74. The number of carbonyl (C=O) groups is 2. The van der Waals surface area contributed by atoms with Crippen molar-refractivity contribution in [1.29, 1.82) is 0 Å². The van der Waals surface area contributed by atoms with E-state index in [1.807, 2.05) is 53.6 Å². The topological polar surface area (TPSA) is 58.6 Å². The average molecular weight is 372 g/mol. The van der Waals surface area contributed by atoms with Crippen LogP contribution in [0.1, 0.15) is 41.1 Å². The van der Waals surface area contributed by atoms with Crippen LogP contribution in [0.3, 0.4) is 0 Å². The minimum absolute atomic E-state index is 0.0106. The van der Waals surface area contributed by atoms with Gasteiger partial charge in [-0.25, -0.2) is 0 Å². The highest BCUT2D eigenvalue weighted by atomic mass is 32.1. The Bertz CT molecular complexity index is 718. The summed E-state index contributed by atoms with van der Waals surface area (Å²) in [6.45, 7) is 3.69. The molecule has 0 radical (unpaired) electrons. The molecule has 2 aromatic rings. The first-order chi connectivity index (χ1) is 12.6. The molecule has 5 nitrogen and oxygen atoms in total. The van der Waals surface area contributed by atoms with Crippen LogP contribution in [0.5, 0.6) is 0 Å². The molecule has 138 valence electrons. The third-order valence-electron chi connectivity index (χ3n) is 4.38. The number of morpholine rings is 1. The highest BCUT2D eigenvalue weighted by molar-refractivity contribution is 7.12. The van der Waals surface area contributed by atoms with Gasteiger partial charge in [0.1, 0.15) is 6.10 Å². The van der Waals surface area contributed by atoms with E-state index in [1.54, 1.807) is 6.07 Å². The predicted molar refractivity (Wildman–Crippen MR) is 102 cm³/mol. The fourth-order valence-corrected chi connectivity index (χ4v) is 3.74. The SMILES string of the molecule is CC1CN(C(=O)CCCNC(=O)c2cccs2)CC(c2ccccc2)O1. The molecule has 26 heavy (non-hydrogen) atoms. The molecule has 2 amide bonds. The zero-order valence-electron chi connectivity index (χ0n) is 14.9. The van der Waals surface area contributed by atoms with Crippen LogP contribution < -0.4 is 5.32 Å². The lowest BCUT2D eigenvalue weighted by Crippen LogP contribution is -2.46. The van der Waals surface area contributed by atoms with E-state index in [0.717, 1.165) is 5.56 Å². The molecule has 2 heterocycles. The summed E-state index contributed by atoms with van der Waals surface area (Å²) in [6.07, 6.45) is 0.996. The van der Waals surface area contributed by atoms with Gasteiger partial charge < -0.3 is 15.0 Å². The number of benzene rings is 1. The number of ether oxygens (including phenoxy) is 1. The molecule has 0 spiro atoms. The maximum Gasteiger partial charge on any atom is 0.261 e. The second-order valence-corrected chi connectivity index (χ2v) is 7.43. The first-order valence-corrected chi connectivity index (χ1v) is 9.81. The lowest BCUT2D eigenvalue weighted by atomic mass is 10.1. The van der Waals surface area contributed by atoms with E-state index in [4.69, 9.17) is 4.74 Å². The first-order valence-electron chi connectivity index (χ1n) is 8.93. The van der Waals surface area contributed by atoms with E-state index in [-0.39, 0.29) is 24.0 Å². The summed E-state index contributed by atoms with van der Waals surface area (Å²) in [7, 11) is 0. The lowest BCUT2D eigenvalue weighted by Gasteiger charge is -2.37. The Kier molecular flexibility index (Phi) is 6.41. The molecule has 2 atom stereocenters. The number of thiophene rings is 1. The van der Waals surface area contributed by atoms with E-state index in [2.05, 4.69) is 5.32 Å². The molecule has 3 rings (SSSR count). The van der Waals surface area contributed by atoms with Gasteiger partial charge in [0, 0.05) is 19.5 Å². The van der Waals surface area contributed by atoms with Crippen molar-refractivity contribution >= 4 is 23.2 Å². The van der Waals surface area contributed by atoms with E-state index in [0.29, 0.717) is 37.4 Å². The Morgan fingerprint density at radius 3 is 2.73 bits per heavy atom. The summed E-state index contributed by atoms with van der Waals surface area (Å²) in [6, 6.07) is 13.7. The Morgan fingerprint density at radius 2 is 2.00 bits per heavy atom. The number of nitrogens with zero attached hydrogens (tertiary/aromatic N) is 1. The maximum absolute atomic E-state index is 12.6. The van der Waals surface area contributed by atoms with Crippen molar-refractivity contribution < 1.29 is 14.3 Å². The normalized spacial score (nSPS) is 20.0. The third kappa shape index (κ3) is 4.93. The second kappa shape index (κ2) is 8.96. The molecule has 1 aromatic carbocycles. The van der Waals surface area contributed by atoms with Crippen LogP contribution in [-0.4, -0.2) is 42.5 Å². The molecule has 0 aliphatic carbocycles. The van der Waals surface area contributed by atoms with Crippen LogP contribution in [0.25, 0.3) is 0 Å². The number of amides is 2. The monoisotopic (exact) mass is 372 g/mol. The van der Waals surface area contributed by atoms with E-state index in [1.165, 1.54) is 11.3 Å². The van der Waals surface area contributed by atoms with Gasteiger partial charge in [-0.05, 0) is 30.4 Å². The van der Waals surface area contributed by atoms with Crippen LogP contribution in [0.15, 0.2) is 47.8 Å². The van der Waals surface area contributed by atoms with Crippen LogP contribution in [0, 0.1) is 0 Å². The number of hydrogen-bond donors (Lipinski definition) is 1. The summed E-state index contributed by atoms with van der Waals surface area (Å²) in [4.78, 5) is 27.0. The summed E-state index contributed by atoms with van der Waals surface area (Å²) in [5.74, 6) is 0.0445. The van der Waals surface area contributed by atoms with Crippen molar-refractivity contribution in [2.45, 2.75) is 32.0 Å². The zero-order chi connectivity index (χ0) is 18.4. The Balaban J connectivity index is 1.45.